The molecule has 0 radical (unpaired) electrons. The van der Waals surface area contributed by atoms with Crippen LogP contribution in [0.15, 0.2) is 60.9 Å². The Morgan fingerprint density at radius 3 is 2.43 bits per heavy atom. The minimum atomic E-state index is -0.139. The third-order valence-corrected chi connectivity index (χ3v) is 4.84. The average Bonchev–Trinajstić information content (AvgIpc) is 3.21. The first kappa shape index (κ1) is 19.8. The van der Waals surface area contributed by atoms with Crippen LogP contribution in [0.2, 0.25) is 5.02 Å². The van der Waals surface area contributed by atoms with E-state index in [-0.39, 0.29) is 18.4 Å². The Bertz CT molecular complexity index is 954. The minimum Gasteiger partial charge on any atom is -0.495 e. The van der Waals surface area contributed by atoms with E-state index in [1.807, 2.05) is 54.2 Å². The Morgan fingerprint density at radius 1 is 1.07 bits per heavy atom. The van der Waals surface area contributed by atoms with E-state index in [1.165, 1.54) is 14.2 Å². The zero-order valence-corrected chi connectivity index (χ0v) is 16.9. The Kier molecular flexibility index (Phi) is 6.26. The molecule has 0 unspecified atom stereocenters. The van der Waals surface area contributed by atoms with Crippen molar-refractivity contribution in [3.05, 3.63) is 77.1 Å². The van der Waals surface area contributed by atoms with Crippen LogP contribution in [0.3, 0.4) is 0 Å². The minimum absolute atomic E-state index is 0.116. The molecule has 1 N–H and O–H groups in total. The average molecular weight is 399 g/mol. The van der Waals surface area contributed by atoms with Gasteiger partial charge in [-0.25, -0.2) is 0 Å². The molecule has 1 amide bonds. The third kappa shape index (κ3) is 4.49. The number of carbonyl (C=O) groups is 1. The number of anilines is 1. The van der Waals surface area contributed by atoms with Crippen molar-refractivity contribution >= 4 is 23.2 Å². The summed E-state index contributed by atoms with van der Waals surface area (Å²) >= 11 is 6.21. The first-order valence-corrected chi connectivity index (χ1v) is 9.30. The third-order valence-electron chi connectivity index (χ3n) is 4.54. The van der Waals surface area contributed by atoms with E-state index in [4.69, 9.17) is 21.1 Å². The fourth-order valence-corrected chi connectivity index (χ4v) is 3.40. The van der Waals surface area contributed by atoms with Gasteiger partial charge in [-0.3, -0.25) is 4.79 Å². The number of rotatable bonds is 7. The molecule has 0 fully saturated rings. The smallest absolute Gasteiger partial charge is 0.226 e. The van der Waals surface area contributed by atoms with Gasteiger partial charge in [0.05, 0.1) is 37.4 Å². The van der Waals surface area contributed by atoms with E-state index in [1.54, 1.807) is 12.1 Å². The van der Waals surface area contributed by atoms with Gasteiger partial charge in [0.1, 0.15) is 11.5 Å². The zero-order chi connectivity index (χ0) is 20.1. The van der Waals surface area contributed by atoms with E-state index in [2.05, 4.69) is 11.4 Å². The summed E-state index contributed by atoms with van der Waals surface area (Å²) in [6.45, 7) is 2.04. The molecule has 28 heavy (non-hydrogen) atoms. The second-order valence-corrected chi connectivity index (χ2v) is 6.91. The molecule has 3 aromatic rings. The number of amides is 1. The van der Waals surface area contributed by atoms with Crippen LogP contribution in [0, 0.1) is 6.92 Å². The van der Waals surface area contributed by atoms with Crippen molar-refractivity contribution in [1.29, 1.82) is 0 Å². The van der Waals surface area contributed by atoms with Gasteiger partial charge in [0.25, 0.3) is 0 Å². The Labute approximate surface area is 169 Å². The molecule has 0 aliphatic rings. The van der Waals surface area contributed by atoms with Gasteiger partial charge in [0, 0.05) is 18.5 Å². The van der Waals surface area contributed by atoms with Crippen LogP contribution >= 0.6 is 11.6 Å². The molecular weight excluding hydrogens is 376 g/mol. The van der Waals surface area contributed by atoms with Crippen LogP contribution < -0.4 is 14.8 Å². The molecule has 0 saturated heterocycles. The number of halogens is 1. The van der Waals surface area contributed by atoms with Crippen molar-refractivity contribution in [3.8, 4) is 11.5 Å². The Hall–Kier alpha value is -2.92. The van der Waals surface area contributed by atoms with Crippen molar-refractivity contribution in [2.45, 2.75) is 19.4 Å². The predicted octanol–water partition coefficient (Wildman–Crippen LogP) is 5.09. The number of carbonyl (C=O) groups excluding carboxylic acids is 1. The molecule has 1 heterocycles. The summed E-state index contributed by atoms with van der Waals surface area (Å²) in [5.41, 5.74) is 2.73. The van der Waals surface area contributed by atoms with Gasteiger partial charge < -0.3 is 19.4 Å². The summed E-state index contributed by atoms with van der Waals surface area (Å²) in [5.74, 6) is 0.837. The van der Waals surface area contributed by atoms with Gasteiger partial charge in [-0.1, -0.05) is 41.4 Å². The first-order valence-electron chi connectivity index (χ1n) is 8.92. The number of hydrogen-bond donors (Lipinski definition) is 1. The van der Waals surface area contributed by atoms with Gasteiger partial charge in [-0.05, 0) is 30.7 Å². The molecule has 146 valence electrons. The molecule has 0 bridgehead atoms. The van der Waals surface area contributed by atoms with E-state index < -0.39 is 0 Å². The van der Waals surface area contributed by atoms with Gasteiger partial charge in [-0.2, -0.15) is 0 Å². The number of ether oxygens (including phenoxy) is 2. The maximum absolute atomic E-state index is 12.9. The van der Waals surface area contributed by atoms with E-state index in [9.17, 15) is 4.79 Å². The number of aryl methyl sites for hydroxylation is 1. The van der Waals surface area contributed by atoms with Crippen molar-refractivity contribution in [2.75, 3.05) is 19.5 Å². The maximum atomic E-state index is 12.9. The summed E-state index contributed by atoms with van der Waals surface area (Å²) < 4.78 is 12.6. The highest BCUT2D eigenvalue weighted by Crippen LogP contribution is 2.36. The summed E-state index contributed by atoms with van der Waals surface area (Å²) in [4.78, 5) is 12.9. The van der Waals surface area contributed by atoms with Crippen molar-refractivity contribution in [2.24, 2.45) is 0 Å². The summed E-state index contributed by atoms with van der Waals surface area (Å²) in [6, 6.07) is 15.3. The van der Waals surface area contributed by atoms with E-state index in [0.717, 1.165) is 11.1 Å². The number of nitrogens with zero attached hydrogens (tertiary/aromatic N) is 1. The van der Waals surface area contributed by atoms with Crippen LogP contribution in [-0.4, -0.2) is 24.7 Å². The van der Waals surface area contributed by atoms with Crippen molar-refractivity contribution in [3.63, 3.8) is 0 Å². The van der Waals surface area contributed by atoms with Crippen LogP contribution in [0.4, 0.5) is 5.69 Å². The highest BCUT2D eigenvalue weighted by molar-refractivity contribution is 6.32. The molecule has 6 heteroatoms. The highest BCUT2D eigenvalue weighted by Gasteiger charge is 2.19. The van der Waals surface area contributed by atoms with E-state index >= 15 is 0 Å². The number of nitrogens with one attached hydrogen (secondary N) is 1. The lowest BCUT2D eigenvalue weighted by atomic mass is 10.0. The van der Waals surface area contributed by atoms with Gasteiger partial charge in [-0.15, -0.1) is 0 Å². The van der Waals surface area contributed by atoms with Crippen LogP contribution in [-0.2, 0) is 4.79 Å². The highest BCUT2D eigenvalue weighted by atomic mass is 35.5. The van der Waals surface area contributed by atoms with Crippen LogP contribution in [0.5, 0.6) is 11.5 Å². The molecule has 0 spiro atoms. The molecule has 3 rings (SSSR count). The molecule has 0 saturated carbocycles. The lowest BCUT2D eigenvalue weighted by Gasteiger charge is -2.20. The number of hydrogen-bond acceptors (Lipinski definition) is 3. The molecule has 0 aliphatic carbocycles. The van der Waals surface area contributed by atoms with Crippen LogP contribution in [0.25, 0.3) is 0 Å². The molecular formula is C22H23ClN2O3. The van der Waals surface area contributed by atoms with Crippen LogP contribution in [0.1, 0.15) is 23.6 Å². The quantitative estimate of drug-likeness (QED) is 0.603. The van der Waals surface area contributed by atoms with E-state index in [0.29, 0.717) is 22.2 Å². The monoisotopic (exact) mass is 398 g/mol. The summed E-state index contributed by atoms with van der Waals surface area (Å²) in [5, 5.41) is 3.32. The summed E-state index contributed by atoms with van der Waals surface area (Å²) in [6.07, 6.45) is 4.20. The molecule has 5 nitrogen and oxygen atoms in total. The first-order chi connectivity index (χ1) is 13.5. The van der Waals surface area contributed by atoms with Gasteiger partial charge in [0.15, 0.2) is 0 Å². The Morgan fingerprint density at radius 2 is 1.79 bits per heavy atom. The number of aromatic nitrogens is 1. The van der Waals surface area contributed by atoms with Gasteiger partial charge >= 0.3 is 0 Å². The Balaban J connectivity index is 1.84. The zero-order valence-electron chi connectivity index (χ0n) is 16.1. The second-order valence-electron chi connectivity index (χ2n) is 6.50. The largest absolute Gasteiger partial charge is 0.495 e. The standard InChI is InChI=1S/C22H23ClN2O3/c1-15-7-6-8-16(11-15)19(25-9-4-5-10-25)13-22(26)24-18-12-17(23)20(27-2)14-21(18)28-3/h4-12,14,19H,13H2,1-3H3,(H,24,26)/t19-/m1/s1. The number of methoxy groups -OCH3 is 2. The summed E-state index contributed by atoms with van der Waals surface area (Å²) in [7, 11) is 3.07. The predicted molar refractivity (Wildman–Crippen MR) is 112 cm³/mol. The SMILES string of the molecule is COc1cc(OC)c(NC(=O)C[C@H](c2cccc(C)c2)n2cccc2)cc1Cl. The lowest BCUT2D eigenvalue weighted by molar-refractivity contribution is -0.116. The van der Waals surface area contributed by atoms with Gasteiger partial charge in [0.2, 0.25) is 5.91 Å². The molecule has 2 aromatic carbocycles. The fraction of sp³-hybridized carbons (Fsp3) is 0.227. The molecule has 1 atom stereocenters. The van der Waals surface area contributed by atoms with Crippen molar-refractivity contribution < 1.29 is 14.3 Å². The number of benzene rings is 2. The lowest BCUT2D eigenvalue weighted by Crippen LogP contribution is -2.20. The molecule has 1 aromatic heterocycles. The van der Waals surface area contributed by atoms with Crippen molar-refractivity contribution in [1.82, 2.24) is 4.57 Å². The molecule has 0 aliphatic heterocycles. The fourth-order valence-electron chi connectivity index (χ4n) is 3.16. The second kappa shape index (κ2) is 8.85. The topological polar surface area (TPSA) is 52.5 Å². The maximum Gasteiger partial charge on any atom is 0.226 e. The normalized spacial score (nSPS) is 11.7.